The summed E-state index contributed by atoms with van der Waals surface area (Å²) < 4.78 is 5.04. The molecule has 6 heteroatoms. The Labute approximate surface area is 138 Å². The molecule has 0 saturated heterocycles. The fourth-order valence-corrected chi connectivity index (χ4v) is 2.65. The van der Waals surface area contributed by atoms with Gasteiger partial charge in [0, 0.05) is 6.20 Å². The van der Waals surface area contributed by atoms with Gasteiger partial charge >= 0.3 is 5.97 Å². The van der Waals surface area contributed by atoms with Crippen LogP contribution in [0.25, 0.3) is 0 Å². The molecule has 0 atom stereocenters. The second-order valence-electron chi connectivity index (χ2n) is 5.32. The number of hydrogen-bond acceptors (Lipinski definition) is 4. The number of hydrogen-bond donors (Lipinski definition) is 1. The molecule has 1 N–H and O–H groups in total. The Balaban J connectivity index is 1.54. The van der Waals surface area contributed by atoms with Crippen LogP contribution in [0.3, 0.4) is 0 Å². The maximum Gasteiger partial charge on any atom is 0.338 e. The van der Waals surface area contributed by atoms with Crippen LogP contribution in [-0.4, -0.2) is 23.5 Å². The molecular formula is C17H15ClN2O3. The summed E-state index contributed by atoms with van der Waals surface area (Å²) in [5.74, 6) is -0.596. The third-order valence-corrected chi connectivity index (χ3v) is 3.89. The van der Waals surface area contributed by atoms with Crippen molar-refractivity contribution in [2.45, 2.75) is 19.3 Å². The van der Waals surface area contributed by atoms with Gasteiger partial charge in [-0.05, 0) is 54.7 Å². The van der Waals surface area contributed by atoms with Gasteiger partial charge in [0.25, 0.3) is 5.91 Å². The normalized spacial score (nSPS) is 12.6. The first kappa shape index (κ1) is 15.5. The highest BCUT2D eigenvalue weighted by atomic mass is 35.5. The highest BCUT2D eigenvalue weighted by molar-refractivity contribution is 6.30. The highest BCUT2D eigenvalue weighted by Crippen LogP contribution is 2.23. The number of pyridine rings is 1. The summed E-state index contributed by atoms with van der Waals surface area (Å²) in [6.45, 7) is -0.361. The number of fused-ring (bicyclic) bond motifs is 1. The number of amides is 1. The second-order valence-corrected chi connectivity index (χ2v) is 5.76. The molecule has 1 amide bonds. The molecule has 1 aliphatic rings. The molecule has 0 aliphatic heterocycles. The topological polar surface area (TPSA) is 68.3 Å². The maximum absolute atomic E-state index is 12.0. The quantitative estimate of drug-likeness (QED) is 0.875. The van der Waals surface area contributed by atoms with E-state index in [9.17, 15) is 9.59 Å². The molecule has 1 aromatic carbocycles. The number of aryl methyl sites for hydroxylation is 2. The van der Waals surface area contributed by atoms with E-state index in [2.05, 4.69) is 10.3 Å². The fourth-order valence-electron chi connectivity index (χ4n) is 2.54. The number of nitrogens with one attached hydrogen (secondary N) is 1. The van der Waals surface area contributed by atoms with E-state index >= 15 is 0 Å². The summed E-state index contributed by atoms with van der Waals surface area (Å²) in [5, 5.41) is 3.01. The number of esters is 1. The maximum atomic E-state index is 12.0. The zero-order chi connectivity index (χ0) is 16.2. The first-order chi connectivity index (χ1) is 11.1. The lowest BCUT2D eigenvalue weighted by Gasteiger charge is -2.07. The summed E-state index contributed by atoms with van der Waals surface area (Å²) in [4.78, 5) is 27.7. The van der Waals surface area contributed by atoms with Gasteiger partial charge in [-0.1, -0.05) is 17.7 Å². The summed E-state index contributed by atoms with van der Waals surface area (Å²) in [6, 6.07) is 8.73. The third-order valence-electron chi connectivity index (χ3n) is 3.66. The van der Waals surface area contributed by atoms with Crippen LogP contribution in [0.15, 0.2) is 36.5 Å². The first-order valence-corrected chi connectivity index (χ1v) is 7.70. The van der Waals surface area contributed by atoms with E-state index in [1.54, 1.807) is 18.2 Å². The monoisotopic (exact) mass is 330 g/mol. The van der Waals surface area contributed by atoms with Crippen LogP contribution in [0.2, 0.25) is 5.02 Å². The summed E-state index contributed by atoms with van der Waals surface area (Å²) in [6.07, 6.45) is 4.58. The number of aromatic nitrogens is 1. The van der Waals surface area contributed by atoms with E-state index in [0.717, 1.165) is 19.3 Å². The molecule has 0 unspecified atom stereocenters. The summed E-state index contributed by atoms with van der Waals surface area (Å²) in [5.41, 5.74) is 2.95. The molecule has 2 aromatic rings. The number of halogens is 1. The van der Waals surface area contributed by atoms with Gasteiger partial charge in [-0.25, -0.2) is 9.78 Å². The predicted octanol–water partition coefficient (Wildman–Crippen LogP) is 3.02. The zero-order valence-corrected chi connectivity index (χ0v) is 13.1. The Morgan fingerprint density at radius 1 is 1.17 bits per heavy atom. The van der Waals surface area contributed by atoms with Crippen molar-refractivity contribution in [2.24, 2.45) is 0 Å². The SMILES string of the molecule is O=C(COC(=O)c1ccc2c(c1)CCC2)Nc1ccc(Cl)cn1. The van der Waals surface area contributed by atoms with E-state index in [4.69, 9.17) is 16.3 Å². The Bertz CT molecular complexity index is 744. The van der Waals surface area contributed by atoms with Crippen LogP contribution >= 0.6 is 11.6 Å². The molecular weight excluding hydrogens is 316 g/mol. The lowest BCUT2D eigenvalue weighted by Crippen LogP contribution is -2.21. The van der Waals surface area contributed by atoms with E-state index in [-0.39, 0.29) is 6.61 Å². The van der Waals surface area contributed by atoms with Crippen molar-refractivity contribution < 1.29 is 14.3 Å². The summed E-state index contributed by atoms with van der Waals surface area (Å²) in [7, 11) is 0. The van der Waals surface area contributed by atoms with E-state index in [1.165, 1.54) is 17.3 Å². The van der Waals surface area contributed by atoms with Crippen molar-refractivity contribution in [3.8, 4) is 0 Å². The molecule has 0 radical (unpaired) electrons. The molecule has 0 fully saturated rings. The molecule has 118 valence electrons. The Kier molecular flexibility index (Phi) is 4.57. The van der Waals surface area contributed by atoms with Crippen molar-refractivity contribution in [1.82, 2.24) is 4.98 Å². The number of nitrogens with zero attached hydrogens (tertiary/aromatic N) is 1. The molecule has 23 heavy (non-hydrogen) atoms. The van der Waals surface area contributed by atoms with E-state index in [0.29, 0.717) is 16.4 Å². The minimum atomic E-state index is -0.501. The molecule has 0 bridgehead atoms. The standard InChI is InChI=1S/C17H15ClN2O3/c18-14-6-7-15(19-9-14)20-16(21)10-23-17(22)13-5-4-11-2-1-3-12(11)8-13/h4-9H,1-3,10H2,(H,19,20,21). The number of benzene rings is 1. The van der Waals surface area contributed by atoms with Crippen LogP contribution in [0.1, 0.15) is 27.9 Å². The van der Waals surface area contributed by atoms with Crippen LogP contribution in [0, 0.1) is 0 Å². The van der Waals surface area contributed by atoms with E-state index in [1.807, 2.05) is 12.1 Å². The third kappa shape index (κ3) is 3.87. The number of ether oxygens (including phenoxy) is 1. The largest absolute Gasteiger partial charge is 0.452 e. The van der Waals surface area contributed by atoms with Gasteiger partial charge in [-0.15, -0.1) is 0 Å². The van der Waals surface area contributed by atoms with E-state index < -0.39 is 11.9 Å². The summed E-state index contributed by atoms with van der Waals surface area (Å²) >= 11 is 5.71. The van der Waals surface area contributed by atoms with Crippen molar-refractivity contribution in [1.29, 1.82) is 0 Å². The smallest absolute Gasteiger partial charge is 0.338 e. The predicted molar refractivity (Wildman–Crippen MR) is 86.6 cm³/mol. The van der Waals surface area contributed by atoms with Gasteiger partial charge in [-0.2, -0.15) is 0 Å². The lowest BCUT2D eigenvalue weighted by molar-refractivity contribution is -0.119. The number of rotatable bonds is 4. The molecule has 1 heterocycles. The average Bonchev–Trinajstić information content (AvgIpc) is 3.02. The van der Waals surface area contributed by atoms with Crippen LogP contribution in [0.5, 0.6) is 0 Å². The van der Waals surface area contributed by atoms with Gasteiger partial charge < -0.3 is 10.1 Å². The molecule has 3 rings (SSSR count). The highest BCUT2D eigenvalue weighted by Gasteiger charge is 2.15. The molecule has 0 saturated carbocycles. The van der Waals surface area contributed by atoms with Gasteiger partial charge in [-0.3, -0.25) is 4.79 Å². The molecule has 0 spiro atoms. The van der Waals surface area contributed by atoms with Crippen molar-refractivity contribution in [3.05, 3.63) is 58.2 Å². The molecule has 5 nitrogen and oxygen atoms in total. The minimum Gasteiger partial charge on any atom is -0.452 e. The van der Waals surface area contributed by atoms with Crippen LogP contribution < -0.4 is 5.32 Å². The van der Waals surface area contributed by atoms with Gasteiger partial charge in [0.15, 0.2) is 6.61 Å². The number of carbonyl (C=O) groups excluding carboxylic acids is 2. The second kappa shape index (κ2) is 6.79. The Morgan fingerprint density at radius 3 is 2.78 bits per heavy atom. The number of carbonyl (C=O) groups is 2. The molecule has 1 aliphatic carbocycles. The molecule has 1 aromatic heterocycles. The average molecular weight is 331 g/mol. The van der Waals surface area contributed by atoms with Gasteiger partial charge in [0.1, 0.15) is 5.82 Å². The fraction of sp³-hybridized carbons (Fsp3) is 0.235. The van der Waals surface area contributed by atoms with Crippen molar-refractivity contribution in [2.75, 3.05) is 11.9 Å². The van der Waals surface area contributed by atoms with Gasteiger partial charge in [0.05, 0.1) is 10.6 Å². The minimum absolute atomic E-state index is 0.355. The van der Waals surface area contributed by atoms with Crippen molar-refractivity contribution >= 4 is 29.3 Å². The lowest BCUT2D eigenvalue weighted by atomic mass is 10.1. The van der Waals surface area contributed by atoms with Crippen LogP contribution in [-0.2, 0) is 22.4 Å². The van der Waals surface area contributed by atoms with Crippen LogP contribution in [0.4, 0.5) is 5.82 Å². The first-order valence-electron chi connectivity index (χ1n) is 7.32. The zero-order valence-electron chi connectivity index (χ0n) is 12.3. The van der Waals surface area contributed by atoms with Crippen molar-refractivity contribution in [3.63, 3.8) is 0 Å². The number of anilines is 1. The Morgan fingerprint density at radius 2 is 2.00 bits per heavy atom. The van der Waals surface area contributed by atoms with Gasteiger partial charge in [0.2, 0.25) is 0 Å². The Hall–Kier alpha value is -2.40.